The molecule has 0 saturated carbocycles. The minimum Gasteiger partial charge on any atom is -0.481 e. The van der Waals surface area contributed by atoms with E-state index in [1.165, 1.54) is 12.1 Å². The first-order valence-corrected chi connectivity index (χ1v) is 5.14. The summed E-state index contributed by atoms with van der Waals surface area (Å²) >= 11 is 0. The number of aliphatic carboxylic acids is 1. The summed E-state index contributed by atoms with van der Waals surface area (Å²) in [4.78, 5) is 33.2. The van der Waals surface area contributed by atoms with Gasteiger partial charge in [-0.3, -0.25) is 9.59 Å². The molecule has 1 aliphatic heterocycles. The Labute approximate surface area is 101 Å². The number of para-hydroxylation sites is 1. The van der Waals surface area contributed by atoms with Crippen LogP contribution in [0.1, 0.15) is 16.8 Å². The van der Waals surface area contributed by atoms with Crippen LogP contribution >= 0.6 is 0 Å². The third-order valence-corrected chi connectivity index (χ3v) is 2.57. The minimum absolute atomic E-state index is 0.0397. The molecule has 1 aromatic rings. The summed E-state index contributed by atoms with van der Waals surface area (Å²) in [5.41, 5.74) is 0.527. The van der Waals surface area contributed by atoms with Crippen molar-refractivity contribution in [2.75, 3.05) is 10.6 Å². The van der Waals surface area contributed by atoms with E-state index in [-0.39, 0.29) is 17.7 Å². The molecule has 0 bridgehead atoms. The fourth-order valence-electron chi connectivity index (χ4n) is 1.77. The van der Waals surface area contributed by atoms with Crippen molar-refractivity contribution >= 4 is 29.2 Å². The maximum absolute atomic E-state index is 11.6. The van der Waals surface area contributed by atoms with Crippen molar-refractivity contribution in [1.29, 1.82) is 0 Å². The van der Waals surface area contributed by atoms with E-state index in [9.17, 15) is 14.4 Å². The lowest BCUT2D eigenvalue weighted by Crippen LogP contribution is -2.40. The van der Waals surface area contributed by atoms with Crippen LogP contribution in [0.25, 0.3) is 0 Å². The van der Waals surface area contributed by atoms with Gasteiger partial charge >= 0.3 is 11.9 Å². The average Bonchev–Trinajstić information content (AvgIpc) is 2.28. The van der Waals surface area contributed by atoms with Crippen molar-refractivity contribution in [3.05, 3.63) is 23.8 Å². The van der Waals surface area contributed by atoms with Gasteiger partial charge in [-0.1, -0.05) is 6.07 Å². The highest BCUT2D eigenvalue weighted by Gasteiger charge is 2.29. The first-order chi connectivity index (χ1) is 8.49. The van der Waals surface area contributed by atoms with Crippen molar-refractivity contribution in [3.8, 4) is 0 Å². The number of benzene rings is 1. The molecule has 1 heterocycles. The molecule has 1 aliphatic rings. The Morgan fingerprint density at radius 1 is 1.28 bits per heavy atom. The van der Waals surface area contributed by atoms with Crippen molar-refractivity contribution < 1.29 is 24.6 Å². The molecule has 1 amide bonds. The minimum atomic E-state index is -1.16. The average molecular weight is 250 g/mol. The van der Waals surface area contributed by atoms with Crippen LogP contribution in [0.5, 0.6) is 0 Å². The Morgan fingerprint density at radius 2 is 2.00 bits per heavy atom. The Bertz CT molecular complexity index is 540. The van der Waals surface area contributed by atoms with Gasteiger partial charge in [-0.2, -0.15) is 0 Å². The maximum Gasteiger partial charge on any atom is 0.337 e. The van der Waals surface area contributed by atoms with Crippen LogP contribution < -0.4 is 10.6 Å². The normalized spacial score (nSPS) is 17.3. The number of rotatable bonds is 3. The largest absolute Gasteiger partial charge is 0.481 e. The molecule has 0 spiro atoms. The lowest BCUT2D eigenvalue weighted by atomic mass is 10.0. The van der Waals surface area contributed by atoms with Crippen molar-refractivity contribution in [2.45, 2.75) is 12.5 Å². The Morgan fingerprint density at radius 3 is 2.61 bits per heavy atom. The van der Waals surface area contributed by atoms with Crippen LogP contribution in [-0.2, 0) is 9.59 Å². The van der Waals surface area contributed by atoms with Crippen LogP contribution in [0, 0.1) is 0 Å². The molecular formula is C11H10N2O5. The SMILES string of the molecule is O=C(O)CC1Nc2cccc(C(=O)O)c2NC1=O. The molecule has 1 aromatic carbocycles. The van der Waals surface area contributed by atoms with E-state index in [4.69, 9.17) is 10.2 Å². The number of fused-ring (bicyclic) bond motifs is 1. The Balaban J connectivity index is 2.36. The number of nitrogens with one attached hydrogen (secondary N) is 2. The number of hydrogen-bond donors (Lipinski definition) is 4. The van der Waals surface area contributed by atoms with E-state index >= 15 is 0 Å². The second-order valence-electron chi connectivity index (χ2n) is 3.82. The van der Waals surface area contributed by atoms with Crippen LogP contribution in [0.15, 0.2) is 18.2 Å². The summed E-state index contributed by atoms with van der Waals surface area (Å²) in [5, 5.41) is 22.8. The van der Waals surface area contributed by atoms with Crippen LogP contribution in [0.2, 0.25) is 0 Å². The molecule has 7 nitrogen and oxygen atoms in total. The zero-order valence-electron chi connectivity index (χ0n) is 9.14. The molecule has 2 rings (SSSR count). The van der Waals surface area contributed by atoms with Gasteiger partial charge in [0.25, 0.3) is 0 Å². The molecule has 1 atom stereocenters. The number of aromatic carboxylic acids is 1. The van der Waals surface area contributed by atoms with Gasteiger partial charge in [0.1, 0.15) is 6.04 Å². The van der Waals surface area contributed by atoms with Crippen LogP contribution in [-0.4, -0.2) is 34.1 Å². The Hall–Kier alpha value is -2.57. The zero-order valence-corrected chi connectivity index (χ0v) is 9.14. The fraction of sp³-hybridized carbons (Fsp3) is 0.182. The molecule has 0 fully saturated rings. The van der Waals surface area contributed by atoms with Gasteiger partial charge in [-0.05, 0) is 12.1 Å². The van der Waals surface area contributed by atoms with Gasteiger partial charge in [0, 0.05) is 0 Å². The van der Waals surface area contributed by atoms with Gasteiger partial charge in [0.2, 0.25) is 5.91 Å². The van der Waals surface area contributed by atoms with Crippen molar-refractivity contribution in [2.24, 2.45) is 0 Å². The van der Waals surface area contributed by atoms with Gasteiger partial charge in [-0.15, -0.1) is 0 Å². The molecule has 0 radical (unpaired) electrons. The topological polar surface area (TPSA) is 116 Å². The molecule has 7 heteroatoms. The summed E-state index contributed by atoms with van der Waals surface area (Å²) in [6.07, 6.45) is -0.372. The number of hydrogen-bond acceptors (Lipinski definition) is 4. The molecule has 4 N–H and O–H groups in total. The third-order valence-electron chi connectivity index (χ3n) is 2.57. The van der Waals surface area contributed by atoms with Crippen LogP contribution in [0.4, 0.5) is 11.4 Å². The van der Waals surface area contributed by atoms with Gasteiger partial charge in [-0.25, -0.2) is 4.79 Å². The third kappa shape index (κ3) is 2.10. The number of carbonyl (C=O) groups is 3. The number of anilines is 2. The highest BCUT2D eigenvalue weighted by atomic mass is 16.4. The van der Waals surface area contributed by atoms with Gasteiger partial charge in [0.15, 0.2) is 0 Å². The summed E-state index contributed by atoms with van der Waals surface area (Å²) in [5.74, 6) is -2.83. The fourth-order valence-corrected chi connectivity index (χ4v) is 1.77. The highest BCUT2D eigenvalue weighted by Crippen LogP contribution is 2.30. The quantitative estimate of drug-likeness (QED) is 0.624. The molecule has 1 unspecified atom stereocenters. The molecule has 18 heavy (non-hydrogen) atoms. The maximum atomic E-state index is 11.6. The van der Waals surface area contributed by atoms with Gasteiger partial charge in [0.05, 0.1) is 23.4 Å². The number of carbonyl (C=O) groups excluding carboxylic acids is 1. The monoisotopic (exact) mass is 250 g/mol. The summed E-state index contributed by atoms with van der Waals surface area (Å²) in [6.45, 7) is 0. The van der Waals surface area contributed by atoms with Crippen LogP contribution in [0.3, 0.4) is 0 Å². The molecule has 0 aliphatic carbocycles. The lowest BCUT2D eigenvalue weighted by Gasteiger charge is -2.26. The molecule has 0 aromatic heterocycles. The predicted molar refractivity (Wildman–Crippen MR) is 61.7 cm³/mol. The summed E-state index contributed by atoms with van der Waals surface area (Å²) in [6, 6.07) is 3.56. The van der Waals surface area contributed by atoms with E-state index in [1.54, 1.807) is 6.07 Å². The van der Waals surface area contributed by atoms with E-state index < -0.39 is 23.9 Å². The molecule has 94 valence electrons. The lowest BCUT2D eigenvalue weighted by molar-refractivity contribution is -0.138. The first-order valence-electron chi connectivity index (χ1n) is 5.14. The number of carboxylic acid groups (broad SMARTS) is 2. The Kier molecular flexibility index (Phi) is 2.88. The van der Waals surface area contributed by atoms with Crippen molar-refractivity contribution in [1.82, 2.24) is 0 Å². The summed E-state index contributed by atoms with van der Waals surface area (Å²) < 4.78 is 0. The van der Waals surface area contributed by atoms with E-state index in [1.807, 2.05) is 0 Å². The second-order valence-corrected chi connectivity index (χ2v) is 3.82. The van der Waals surface area contributed by atoms with E-state index in [2.05, 4.69) is 10.6 Å². The first kappa shape index (κ1) is 11.9. The zero-order chi connectivity index (χ0) is 13.3. The number of amides is 1. The van der Waals surface area contributed by atoms with Crippen molar-refractivity contribution in [3.63, 3.8) is 0 Å². The molecular weight excluding hydrogens is 240 g/mol. The standard InChI is InChI=1S/C11H10N2O5/c14-8(15)4-7-10(16)13-9-5(11(17)18)2-1-3-6(9)12-7/h1-3,7,12H,4H2,(H,13,16)(H,14,15)(H,17,18). The van der Waals surface area contributed by atoms with E-state index in [0.717, 1.165) is 0 Å². The predicted octanol–water partition coefficient (Wildman–Crippen LogP) is 0.592. The summed E-state index contributed by atoms with van der Waals surface area (Å²) in [7, 11) is 0. The van der Waals surface area contributed by atoms with E-state index in [0.29, 0.717) is 5.69 Å². The molecule has 0 saturated heterocycles. The van der Waals surface area contributed by atoms with Gasteiger partial charge < -0.3 is 20.8 Å². The second kappa shape index (κ2) is 4.36. The smallest absolute Gasteiger partial charge is 0.337 e. The number of carboxylic acids is 2. The highest BCUT2D eigenvalue weighted by molar-refractivity contribution is 6.10.